The Labute approximate surface area is 184 Å². The molecule has 0 saturated carbocycles. The van der Waals surface area contributed by atoms with Crippen LogP contribution in [0, 0.1) is 5.92 Å². The van der Waals surface area contributed by atoms with E-state index in [1.165, 1.54) is 18.2 Å². The van der Waals surface area contributed by atoms with Gasteiger partial charge in [-0.25, -0.2) is 0 Å². The lowest BCUT2D eigenvalue weighted by atomic mass is 9.95. The van der Waals surface area contributed by atoms with Crippen LogP contribution >= 0.6 is 0 Å². The molecular weight excluding hydrogens is 425 g/mol. The number of nitrogens with one attached hydrogen (secondary N) is 1. The zero-order chi connectivity index (χ0) is 23.0. The summed E-state index contributed by atoms with van der Waals surface area (Å²) in [5, 5.41) is 2.68. The maximum atomic E-state index is 12.5. The summed E-state index contributed by atoms with van der Waals surface area (Å²) in [7, 11) is 0. The Kier molecular flexibility index (Phi) is 7.97. The summed E-state index contributed by atoms with van der Waals surface area (Å²) >= 11 is 0. The molecule has 6 nitrogen and oxygen atoms in total. The molecule has 0 bridgehead atoms. The molecule has 1 aliphatic rings. The van der Waals surface area contributed by atoms with Crippen molar-refractivity contribution in [1.29, 1.82) is 0 Å². The average Bonchev–Trinajstić information content (AvgIpc) is 2.78. The van der Waals surface area contributed by atoms with Crippen LogP contribution < -0.4 is 14.8 Å². The number of carbonyl (C=O) groups excluding carboxylic acids is 2. The lowest BCUT2D eigenvalue weighted by molar-refractivity contribution is -0.274. The van der Waals surface area contributed by atoms with Crippen molar-refractivity contribution in [2.24, 2.45) is 5.92 Å². The zero-order valence-corrected chi connectivity index (χ0v) is 17.4. The molecule has 0 spiro atoms. The van der Waals surface area contributed by atoms with E-state index in [0.717, 1.165) is 0 Å². The summed E-state index contributed by atoms with van der Waals surface area (Å²) in [4.78, 5) is 26.6. The van der Waals surface area contributed by atoms with Gasteiger partial charge in [-0.05, 0) is 31.0 Å². The molecule has 1 N–H and O–H groups in total. The van der Waals surface area contributed by atoms with Crippen molar-refractivity contribution in [2.45, 2.75) is 32.2 Å². The van der Waals surface area contributed by atoms with Gasteiger partial charge in [-0.15, -0.1) is 13.2 Å². The van der Waals surface area contributed by atoms with Crippen molar-refractivity contribution in [2.75, 3.05) is 19.7 Å². The fourth-order valence-corrected chi connectivity index (χ4v) is 3.52. The average molecular weight is 450 g/mol. The first kappa shape index (κ1) is 23.4. The minimum absolute atomic E-state index is 0.0296. The summed E-state index contributed by atoms with van der Waals surface area (Å²) in [6, 6.07) is 14.9. The quantitative estimate of drug-likeness (QED) is 0.662. The van der Waals surface area contributed by atoms with E-state index < -0.39 is 6.36 Å². The van der Waals surface area contributed by atoms with Crippen molar-refractivity contribution in [1.82, 2.24) is 10.2 Å². The number of hydrogen-bond acceptors (Lipinski definition) is 4. The lowest BCUT2D eigenvalue weighted by Gasteiger charge is -2.31. The Morgan fingerprint density at radius 3 is 2.34 bits per heavy atom. The number of nitrogens with zero attached hydrogens (tertiary/aromatic N) is 1. The SMILES string of the molecule is O=C(NCc1ccccc1OC(F)(F)F)C1CCN(C(=O)CCOc2ccccc2)CC1. The highest BCUT2D eigenvalue weighted by atomic mass is 19.4. The second-order valence-corrected chi connectivity index (χ2v) is 7.44. The van der Waals surface area contributed by atoms with Gasteiger partial charge in [0.2, 0.25) is 11.8 Å². The molecule has 0 radical (unpaired) electrons. The maximum absolute atomic E-state index is 12.5. The first-order valence-electron chi connectivity index (χ1n) is 10.4. The predicted molar refractivity (Wildman–Crippen MR) is 111 cm³/mol. The molecular formula is C23H25F3N2O4. The standard InChI is InChI=1S/C23H25F3N2O4/c24-23(25,26)32-20-9-5-4-6-18(20)16-27-22(30)17-10-13-28(14-11-17)21(29)12-15-31-19-7-2-1-3-8-19/h1-9,17H,10-16H2,(H,27,30). The zero-order valence-electron chi connectivity index (χ0n) is 17.4. The van der Waals surface area contributed by atoms with Crippen molar-refractivity contribution < 1.29 is 32.2 Å². The Balaban J connectivity index is 1.40. The fourth-order valence-electron chi connectivity index (χ4n) is 3.52. The van der Waals surface area contributed by atoms with Gasteiger partial charge < -0.3 is 19.7 Å². The molecule has 1 fully saturated rings. The molecule has 0 aromatic heterocycles. The third kappa shape index (κ3) is 7.18. The molecule has 2 aromatic rings. The Bertz CT molecular complexity index is 898. The van der Waals surface area contributed by atoms with E-state index in [-0.39, 0.29) is 48.6 Å². The van der Waals surface area contributed by atoms with Crippen LogP contribution in [0.3, 0.4) is 0 Å². The van der Waals surface area contributed by atoms with Gasteiger partial charge in [-0.1, -0.05) is 36.4 Å². The number of rotatable bonds is 8. The molecule has 0 aliphatic carbocycles. The number of likely N-dealkylation sites (tertiary alicyclic amines) is 1. The van der Waals surface area contributed by atoms with Crippen LogP contribution in [-0.4, -0.2) is 42.8 Å². The minimum Gasteiger partial charge on any atom is -0.493 e. The van der Waals surface area contributed by atoms with Crippen molar-refractivity contribution in [3.63, 3.8) is 0 Å². The van der Waals surface area contributed by atoms with E-state index >= 15 is 0 Å². The molecule has 172 valence electrons. The Hall–Kier alpha value is -3.23. The van der Waals surface area contributed by atoms with Crippen LogP contribution in [0.5, 0.6) is 11.5 Å². The summed E-state index contributed by atoms with van der Waals surface area (Å²) < 4.78 is 47.1. The predicted octanol–water partition coefficient (Wildman–Crippen LogP) is 3.91. The monoisotopic (exact) mass is 450 g/mol. The molecule has 1 heterocycles. The highest BCUT2D eigenvalue weighted by molar-refractivity contribution is 5.80. The maximum Gasteiger partial charge on any atom is 0.573 e. The molecule has 3 rings (SSSR count). The number of para-hydroxylation sites is 2. The van der Waals surface area contributed by atoms with Gasteiger partial charge in [0, 0.05) is 31.1 Å². The summed E-state index contributed by atoms with van der Waals surface area (Å²) in [5.41, 5.74) is 0.240. The van der Waals surface area contributed by atoms with Gasteiger partial charge in [0.05, 0.1) is 13.0 Å². The van der Waals surface area contributed by atoms with E-state index in [1.807, 2.05) is 30.3 Å². The molecule has 9 heteroatoms. The van der Waals surface area contributed by atoms with Gasteiger partial charge in [0.15, 0.2) is 0 Å². The topological polar surface area (TPSA) is 67.9 Å². The molecule has 32 heavy (non-hydrogen) atoms. The van der Waals surface area contributed by atoms with Gasteiger partial charge in [0.25, 0.3) is 0 Å². The summed E-state index contributed by atoms with van der Waals surface area (Å²) in [6.07, 6.45) is -3.55. The van der Waals surface area contributed by atoms with Crippen LogP contribution in [0.25, 0.3) is 0 Å². The number of hydrogen-bond donors (Lipinski definition) is 1. The third-order valence-electron chi connectivity index (χ3n) is 5.20. The Morgan fingerprint density at radius 2 is 1.66 bits per heavy atom. The number of alkyl halides is 3. The second-order valence-electron chi connectivity index (χ2n) is 7.44. The van der Waals surface area contributed by atoms with Crippen LogP contribution in [0.2, 0.25) is 0 Å². The normalized spacial score (nSPS) is 14.7. The first-order valence-corrected chi connectivity index (χ1v) is 10.4. The largest absolute Gasteiger partial charge is 0.573 e. The van der Waals surface area contributed by atoms with Gasteiger partial charge in [0.1, 0.15) is 11.5 Å². The number of amides is 2. The highest BCUT2D eigenvalue weighted by Crippen LogP contribution is 2.26. The number of halogens is 3. The van der Waals surface area contributed by atoms with Crippen LogP contribution in [0.4, 0.5) is 13.2 Å². The number of piperidine rings is 1. The van der Waals surface area contributed by atoms with Gasteiger partial charge in [-0.3, -0.25) is 9.59 Å². The molecule has 0 atom stereocenters. The van der Waals surface area contributed by atoms with Crippen molar-refractivity contribution in [3.8, 4) is 11.5 Å². The summed E-state index contributed by atoms with van der Waals surface area (Å²) in [5.74, 6) is -0.198. The van der Waals surface area contributed by atoms with Crippen molar-refractivity contribution in [3.05, 3.63) is 60.2 Å². The van der Waals surface area contributed by atoms with E-state index in [1.54, 1.807) is 11.0 Å². The van der Waals surface area contributed by atoms with E-state index in [2.05, 4.69) is 10.1 Å². The molecule has 1 saturated heterocycles. The fraction of sp³-hybridized carbons (Fsp3) is 0.391. The second kappa shape index (κ2) is 10.9. The third-order valence-corrected chi connectivity index (χ3v) is 5.20. The van der Waals surface area contributed by atoms with Crippen LogP contribution in [-0.2, 0) is 16.1 Å². The molecule has 1 aliphatic heterocycles. The number of carbonyl (C=O) groups is 2. The first-order chi connectivity index (χ1) is 15.3. The van der Waals surface area contributed by atoms with E-state index in [4.69, 9.17) is 4.74 Å². The summed E-state index contributed by atoms with van der Waals surface area (Å²) in [6.45, 7) is 1.12. The Morgan fingerprint density at radius 1 is 1.00 bits per heavy atom. The van der Waals surface area contributed by atoms with E-state index in [0.29, 0.717) is 31.7 Å². The van der Waals surface area contributed by atoms with Gasteiger partial charge >= 0.3 is 6.36 Å². The minimum atomic E-state index is -4.80. The van der Waals surface area contributed by atoms with Crippen LogP contribution in [0.15, 0.2) is 54.6 Å². The van der Waals surface area contributed by atoms with E-state index in [9.17, 15) is 22.8 Å². The van der Waals surface area contributed by atoms with Crippen LogP contribution in [0.1, 0.15) is 24.8 Å². The number of ether oxygens (including phenoxy) is 2. The smallest absolute Gasteiger partial charge is 0.493 e. The number of benzene rings is 2. The molecule has 0 unspecified atom stereocenters. The molecule has 2 aromatic carbocycles. The van der Waals surface area contributed by atoms with Gasteiger partial charge in [-0.2, -0.15) is 0 Å². The van der Waals surface area contributed by atoms with Crippen molar-refractivity contribution >= 4 is 11.8 Å². The molecule has 2 amide bonds. The lowest BCUT2D eigenvalue weighted by Crippen LogP contribution is -2.43. The highest BCUT2D eigenvalue weighted by Gasteiger charge is 2.32.